The Balaban J connectivity index is 1.61. The van der Waals surface area contributed by atoms with Gasteiger partial charge in [-0.05, 0) is 24.8 Å². The molecule has 0 aromatic carbocycles. The lowest BCUT2D eigenvalue weighted by Gasteiger charge is -2.27. The summed E-state index contributed by atoms with van der Waals surface area (Å²) in [6.45, 7) is 0.648. The second kappa shape index (κ2) is 5.04. The Kier molecular flexibility index (Phi) is 3.27. The predicted molar refractivity (Wildman–Crippen MR) is 69.9 cm³/mol. The molecule has 5 heteroatoms. The Morgan fingerprint density at radius 3 is 3.35 bits per heavy atom. The topological polar surface area (TPSA) is 50.2 Å². The first-order chi connectivity index (χ1) is 8.42. The number of aliphatic imine (C=N–C) groups is 1. The van der Waals surface area contributed by atoms with Crippen molar-refractivity contribution in [3.05, 3.63) is 24.3 Å². The number of nitrogens with zero attached hydrogens (tertiary/aromatic N) is 3. The molecule has 1 N–H and O–H groups in total. The Hall–Kier alpha value is -1.10. The molecule has 90 valence electrons. The van der Waals surface area contributed by atoms with Gasteiger partial charge < -0.3 is 5.32 Å². The van der Waals surface area contributed by atoms with Crippen molar-refractivity contribution in [2.45, 2.75) is 31.8 Å². The van der Waals surface area contributed by atoms with Crippen molar-refractivity contribution in [3.63, 3.8) is 0 Å². The lowest BCUT2D eigenvalue weighted by molar-refractivity contribution is 0.489. The Morgan fingerprint density at radius 1 is 1.47 bits per heavy atom. The molecule has 3 rings (SSSR count). The summed E-state index contributed by atoms with van der Waals surface area (Å²) in [5.41, 5.74) is 0.975. The number of hydrogen-bond acceptors (Lipinski definition) is 4. The second-order valence-corrected chi connectivity index (χ2v) is 5.58. The van der Waals surface area contributed by atoms with Crippen molar-refractivity contribution >= 4 is 16.9 Å². The molecule has 0 spiro atoms. The standard InChI is InChI=1S/C12H16N4S/c1-2-9-7-17-12(16-11(9)3-1)14-6-10-4-5-13-8-15-10/h4-5,8-9,11H,1-3,6-7H2,(H,14,16). The molecule has 2 heterocycles. The highest BCUT2D eigenvalue weighted by Gasteiger charge is 2.31. The average molecular weight is 248 g/mol. The fourth-order valence-electron chi connectivity index (χ4n) is 2.47. The molecule has 17 heavy (non-hydrogen) atoms. The summed E-state index contributed by atoms with van der Waals surface area (Å²) in [7, 11) is 0. The van der Waals surface area contributed by atoms with E-state index in [1.807, 2.05) is 17.8 Å². The lowest BCUT2D eigenvalue weighted by atomic mass is 10.1. The number of thioether (sulfide) groups is 1. The fourth-order valence-corrected chi connectivity index (χ4v) is 3.63. The largest absolute Gasteiger partial charge is 0.362 e. The van der Waals surface area contributed by atoms with Gasteiger partial charge in [-0.25, -0.2) is 9.97 Å². The Labute approximate surface area is 105 Å². The summed E-state index contributed by atoms with van der Waals surface area (Å²) < 4.78 is 0. The highest BCUT2D eigenvalue weighted by molar-refractivity contribution is 8.13. The molecule has 1 aliphatic heterocycles. The van der Waals surface area contributed by atoms with Crippen LogP contribution >= 0.6 is 11.8 Å². The molecule has 1 aliphatic carbocycles. The van der Waals surface area contributed by atoms with Gasteiger partial charge in [-0.3, -0.25) is 4.99 Å². The SMILES string of the molecule is c1cc(CN=C2NC3CCCC3CS2)ncn1. The van der Waals surface area contributed by atoms with Crippen LogP contribution < -0.4 is 5.32 Å². The minimum Gasteiger partial charge on any atom is -0.362 e. The number of rotatable bonds is 2. The highest BCUT2D eigenvalue weighted by atomic mass is 32.2. The zero-order valence-corrected chi connectivity index (χ0v) is 10.5. The van der Waals surface area contributed by atoms with Gasteiger partial charge in [0, 0.05) is 18.0 Å². The first-order valence-electron chi connectivity index (χ1n) is 6.10. The number of hydrogen-bond donors (Lipinski definition) is 1. The molecule has 1 aromatic rings. The van der Waals surface area contributed by atoms with Crippen molar-refractivity contribution in [2.75, 3.05) is 5.75 Å². The normalized spacial score (nSPS) is 30.0. The van der Waals surface area contributed by atoms with E-state index in [-0.39, 0.29) is 0 Å². The van der Waals surface area contributed by atoms with Gasteiger partial charge in [0.1, 0.15) is 6.33 Å². The summed E-state index contributed by atoms with van der Waals surface area (Å²) in [4.78, 5) is 12.7. The molecule has 1 saturated carbocycles. The molecule has 2 unspecified atom stereocenters. The van der Waals surface area contributed by atoms with E-state index in [1.165, 1.54) is 25.0 Å². The van der Waals surface area contributed by atoms with E-state index in [1.54, 1.807) is 12.5 Å². The third kappa shape index (κ3) is 2.60. The molecular weight excluding hydrogens is 232 g/mol. The summed E-state index contributed by atoms with van der Waals surface area (Å²) in [5, 5.41) is 4.64. The molecule has 0 amide bonds. The monoisotopic (exact) mass is 248 g/mol. The summed E-state index contributed by atoms with van der Waals surface area (Å²) in [6, 6.07) is 2.58. The van der Waals surface area contributed by atoms with Gasteiger partial charge in [-0.1, -0.05) is 18.2 Å². The van der Waals surface area contributed by atoms with Crippen LogP contribution in [0.1, 0.15) is 25.0 Å². The maximum absolute atomic E-state index is 4.59. The maximum Gasteiger partial charge on any atom is 0.157 e. The van der Waals surface area contributed by atoms with Crippen LogP contribution in [-0.4, -0.2) is 26.9 Å². The van der Waals surface area contributed by atoms with E-state index in [9.17, 15) is 0 Å². The van der Waals surface area contributed by atoms with E-state index >= 15 is 0 Å². The van der Waals surface area contributed by atoms with Gasteiger partial charge >= 0.3 is 0 Å². The van der Waals surface area contributed by atoms with Crippen molar-refractivity contribution in [2.24, 2.45) is 10.9 Å². The van der Waals surface area contributed by atoms with Gasteiger partial charge in [-0.2, -0.15) is 0 Å². The molecule has 0 radical (unpaired) electrons. The van der Waals surface area contributed by atoms with E-state index in [0.717, 1.165) is 16.8 Å². The number of aromatic nitrogens is 2. The highest BCUT2D eigenvalue weighted by Crippen LogP contribution is 2.32. The van der Waals surface area contributed by atoms with Crippen LogP contribution in [0.5, 0.6) is 0 Å². The molecule has 1 saturated heterocycles. The van der Waals surface area contributed by atoms with E-state index < -0.39 is 0 Å². The molecule has 2 atom stereocenters. The van der Waals surface area contributed by atoms with Gasteiger partial charge in [0.25, 0.3) is 0 Å². The van der Waals surface area contributed by atoms with Crippen molar-refractivity contribution < 1.29 is 0 Å². The summed E-state index contributed by atoms with van der Waals surface area (Å²) in [6.07, 6.45) is 7.38. The van der Waals surface area contributed by atoms with Gasteiger partial charge in [0.05, 0.1) is 12.2 Å². The fraction of sp³-hybridized carbons (Fsp3) is 0.583. The van der Waals surface area contributed by atoms with Crippen LogP contribution in [-0.2, 0) is 6.54 Å². The predicted octanol–water partition coefficient (Wildman–Crippen LogP) is 1.84. The van der Waals surface area contributed by atoms with Gasteiger partial charge in [0.15, 0.2) is 5.17 Å². The third-order valence-electron chi connectivity index (χ3n) is 3.43. The van der Waals surface area contributed by atoms with Crippen LogP contribution in [0.3, 0.4) is 0 Å². The van der Waals surface area contributed by atoms with E-state index in [4.69, 9.17) is 0 Å². The van der Waals surface area contributed by atoms with Crippen molar-refractivity contribution in [1.29, 1.82) is 0 Å². The quantitative estimate of drug-likeness (QED) is 0.867. The van der Waals surface area contributed by atoms with Crippen LogP contribution in [0.15, 0.2) is 23.6 Å². The minimum absolute atomic E-state index is 0.648. The zero-order chi connectivity index (χ0) is 11.5. The van der Waals surface area contributed by atoms with Gasteiger partial charge in [0.2, 0.25) is 0 Å². The van der Waals surface area contributed by atoms with E-state index in [2.05, 4.69) is 20.3 Å². The lowest BCUT2D eigenvalue weighted by Crippen LogP contribution is -2.41. The third-order valence-corrected chi connectivity index (χ3v) is 4.55. The first-order valence-corrected chi connectivity index (χ1v) is 7.09. The van der Waals surface area contributed by atoms with Crippen LogP contribution in [0, 0.1) is 5.92 Å². The Bertz CT molecular complexity index is 406. The first kappa shape index (κ1) is 11.0. The molecule has 1 aromatic heterocycles. The molecule has 2 aliphatic rings. The van der Waals surface area contributed by atoms with Crippen LogP contribution in [0.2, 0.25) is 0 Å². The number of nitrogens with one attached hydrogen (secondary N) is 1. The second-order valence-electron chi connectivity index (χ2n) is 4.57. The van der Waals surface area contributed by atoms with Gasteiger partial charge in [-0.15, -0.1) is 0 Å². The smallest absolute Gasteiger partial charge is 0.157 e. The van der Waals surface area contributed by atoms with Crippen molar-refractivity contribution in [3.8, 4) is 0 Å². The average Bonchev–Trinajstić information content (AvgIpc) is 2.85. The molecular formula is C12H16N4S. The molecule has 0 bridgehead atoms. The van der Waals surface area contributed by atoms with Crippen molar-refractivity contribution in [1.82, 2.24) is 15.3 Å². The Morgan fingerprint density at radius 2 is 2.47 bits per heavy atom. The zero-order valence-electron chi connectivity index (χ0n) is 9.67. The summed E-state index contributed by atoms with van der Waals surface area (Å²) in [5.74, 6) is 2.08. The number of amidine groups is 1. The maximum atomic E-state index is 4.59. The van der Waals surface area contributed by atoms with Crippen LogP contribution in [0.25, 0.3) is 0 Å². The molecule has 2 fully saturated rings. The minimum atomic E-state index is 0.648. The van der Waals surface area contributed by atoms with Crippen LogP contribution in [0.4, 0.5) is 0 Å². The summed E-state index contributed by atoms with van der Waals surface area (Å²) >= 11 is 1.85. The van der Waals surface area contributed by atoms with E-state index in [0.29, 0.717) is 12.6 Å². The number of fused-ring (bicyclic) bond motifs is 1. The molecule has 4 nitrogen and oxygen atoms in total.